The highest BCUT2D eigenvalue weighted by molar-refractivity contribution is 7.85. The van der Waals surface area contributed by atoms with Crippen molar-refractivity contribution in [1.82, 2.24) is 9.97 Å². The molecule has 0 spiro atoms. The maximum absolute atomic E-state index is 10.3. The number of aromatic nitrogens is 2. The summed E-state index contributed by atoms with van der Waals surface area (Å²) in [5.41, 5.74) is 0. The van der Waals surface area contributed by atoms with E-state index in [2.05, 4.69) is 9.97 Å². The molecule has 0 aliphatic carbocycles. The number of rotatable bonds is 1. The number of hydrogen-bond acceptors (Lipinski definition) is 7. The molecule has 0 saturated carbocycles. The summed E-state index contributed by atoms with van der Waals surface area (Å²) < 4.78 is 29.1. The highest BCUT2D eigenvalue weighted by Gasteiger charge is 2.07. The molecular formula is C10H13BN2O6S. The molecule has 0 fully saturated rings. The first-order valence-electron chi connectivity index (χ1n) is 5.11. The minimum atomic E-state index is -4.11. The molecule has 0 bridgehead atoms. The van der Waals surface area contributed by atoms with Crippen LogP contribution in [-0.4, -0.2) is 45.3 Å². The lowest BCUT2D eigenvalue weighted by atomic mass is 10.3. The van der Waals surface area contributed by atoms with Gasteiger partial charge in [-0.15, -0.1) is 0 Å². The molecule has 2 heterocycles. The lowest BCUT2D eigenvalue weighted by Gasteiger charge is -1.91. The summed E-state index contributed by atoms with van der Waals surface area (Å²) >= 11 is 0. The normalized spacial score (nSPS) is 9.40. The van der Waals surface area contributed by atoms with Crippen LogP contribution in [-0.2, 0) is 10.1 Å². The lowest BCUT2D eigenvalue weighted by molar-refractivity contribution is 0.278. The van der Waals surface area contributed by atoms with E-state index in [0.29, 0.717) is 0 Å². The van der Waals surface area contributed by atoms with Gasteiger partial charge in [0.2, 0.25) is 0 Å². The van der Waals surface area contributed by atoms with Crippen molar-refractivity contribution >= 4 is 17.4 Å². The van der Waals surface area contributed by atoms with Gasteiger partial charge >= 0.3 is 17.4 Å². The highest BCUT2D eigenvalue weighted by Crippen LogP contribution is 2.00. The largest absolute Gasteiger partial charge is 0.631 e. The van der Waals surface area contributed by atoms with Crippen LogP contribution in [0.25, 0.3) is 0 Å². The average molecular weight is 300 g/mol. The summed E-state index contributed by atoms with van der Waals surface area (Å²) in [7, 11) is -6.28. The van der Waals surface area contributed by atoms with Crippen LogP contribution >= 0.6 is 0 Å². The first-order chi connectivity index (χ1) is 9.34. The molecule has 0 saturated heterocycles. The van der Waals surface area contributed by atoms with Gasteiger partial charge in [0.15, 0.2) is 5.03 Å². The zero-order valence-electron chi connectivity index (χ0n) is 10.2. The Bertz CT molecular complexity index is 523. The summed E-state index contributed by atoms with van der Waals surface area (Å²) in [5, 5.41) is 21.2. The predicted octanol–water partition coefficient (Wildman–Crippen LogP) is -0.642. The molecule has 0 aliphatic heterocycles. The standard InChI is InChI=1S/C5H5NO3S.C5H5N.BH3O3/c7-10(8,9)5-3-1-2-4-6-5;1-2-4-6-5-3-1;2-1(3)4/h1-4H,(H,7,8,9);1-5H;2-4H. The Balaban J connectivity index is 0.000000307. The number of pyridine rings is 2. The summed E-state index contributed by atoms with van der Waals surface area (Å²) in [6, 6.07) is 9.98. The van der Waals surface area contributed by atoms with Crippen LogP contribution in [0.2, 0.25) is 0 Å². The highest BCUT2D eigenvalue weighted by atomic mass is 32.2. The first-order valence-corrected chi connectivity index (χ1v) is 6.55. The van der Waals surface area contributed by atoms with Gasteiger partial charge in [0.1, 0.15) is 0 Å². The summed E-state index contributed by atoms with van der Waals surface area (Å²) in [4.78, 5) is 7.20. The van der Waals surface area contributed by atoms with Crippen LogP contribution < -0.4 is 0 Å². The van der Waals surface area contributed by atoms with Crippen molar-refractivity contribution in [2.24, 2.45) is 0 Å². The minimum absolute atomic E-state index is 0.324. The van der Waals surface area contributed by atoms with E-state index in [1.165, 1.54) is 18.3 Å². The van der Waals surface area contributed by atoms with Crippen molar-refractivity contribution in [1.29, 1.82) is 0 Å². The van der Waals surface area contributed by atoms with Crippen LogP contribution in [0.15, 0.2) is 60.0 Å². The van der Waals surface area contributed by atoms with Crippen LogP contribution in [0.3, 0.4) is 0 Å². The summed E-state index contributed by atoms with van der Waals surface area (Å²) in [6.07, 6.45) is 4.79. The van der Waals surface area contributed by atoms with E-state index in [4.69, 9.17) is 19.6 Å². The van der Waals surface area contributed by atoms with Gasteiger partial charge in [-0.05, 0) is 24.3 Å². The van der Waals surface area contributed by atoms with E-state index >= 15 is 0 Å². The van der Waals surface area contributed by atoms with Crippen molar-refractivity contribution < 1.29 is 28.0 Å². The van der Waals surface area contributed by atoms with Crippen molar-refractivity contribution in [3.8, 4) is 0 Å². The summed E-state index contributed by atoms with van der Waals surface area (Å²) in [5.74, 6) is 0. The molecule has 8 nitrogen and oxygen atoms in total. The molecule has 0 atom stereocenters. The molecule has 10 heteroatoms. The molecular weight excluding hydrogens is 287 g/mol. The van der Waals surface area contributed by atoms with Crippen LogP contribution in [0.1, 0.15) is 0 Å². The molecule has 0 unspecified atom stereocenters. The van der Waals surface area contributed by atoms with Gasteiger partial charge in [-0.3, -0.25) is 9.54 Å². The second-order valence-corrected chi connectivity index (χ2v) is 4.38. The topological polar surface area (TPSA) is 141 Å². The molecule has 2 aromatic rings. The monoisotopic (exact) mass is 300 g/mol. The third-order valence-corrected chi connectivity index (χ3v) is 2.24. The number of nitrogens with zero attached hydrogens (tertiary/aromatic N) is 2. The van der Waals surface area contributed by atoms with Gasteiger partial charge in [-0.2, -0.15) is 8.42 Å². The third kappa shape index (κ3) is 11.3. The van der Waals surface area contributed by atoms with Gasteiger partial charge in [0.05, 0.1) is 0 Å². The van der Waals surface area contributed by atoms with Gasteiger partial charge in [0.25, 0.3) is 0 Å². The molecule has 0 aliphatic rings. The van der Waals surface area contributed by atoms with Crippen molar-refractivity contribution in [2.75, 3.05) is 0 Å². The van der Waals surface area contributed by atoms with E-state index in [1.54, 1.807) is 18.5 Å². The molecule has 20 heavy (non-hydrogen) atoms. The van der Waals surface area contributed by atoms with E-state index in [0.717, 1.165) is 0 Å². The minimum Gasteiger partial charge on any atom is -0.402 e. The van der Waals surface area contributed by atoms with Gasteiger partial charge in [-0.1, -0.05) is 12.1 Å². The maximum atomic E-state index is 10.3. The summed E-state index contributed by atoms with van der Waals surface area (Å²) in [6.45, 7) is 0. The molecule has 108 valence electrons. The zero-order valence-corrected chi connectivity index (χ0v) is 11.0. The van der Waals surface area contributed by atoms with Crippen molar-refractivity contribution in [3.63, 3.8) is 0 Å². The third-order valence-electron chi connectivity index (χ3n) is 1.47. The zero-order chi connectivity index (χ0) is 15.4. The first kappa shape index (κ1) is 18.2. The van der Waals surface area contributed by atoms with Crippen LogP contribution in [0.4, 0.5) is 0 Å². The second kappa shape index (κ2) is 10.0. The van der Waals surface area contributed by atoms with Crippen molar-refractivity contribution in [3.05, 3.63) is 55.0 Å². The van der Waals surface area contributed by atoms with Crippen LogP contribution in [0, 0.1) is 0 Å². The predicted molar refractivity (Wildman–Crippen MR) is 70.7 cm³/mol. The van der Waals surface area contributed by atoms with Gasteiger partial charge < -0.3 is 15.1 Å². The molecule has 4 N–H and O–H groups in total. The average Bonchev–Trinajstić information content (AvgIpc) is 2.41. The van der Waals surface area contributed by atoms with Gasteiger partial charge in [0, 0.05) is 18.6 Å². The Morgan fingerprint density at radius 2 is 1.40 bits per heavy atom. The van der Waals surface area contributed by atoms with E-state index in [1.807, 2.05) is 18.2 Å². The Labute approximate surface area is 116 Å². The second-order valence-electron chi connectivity index (χ2n) is 3.01. The number of hydrogen-bond donors (Lipinski definition) is 4. The van der Waals surface area contributed by atoms with E-state index < -0.39 is 17.4 Å². The molecule has 2 aromatic heterocycles. The fourth-order valence-electron chi connectivity index (χ4n) is 0.812. The fourth-order valence-corrected chi connectivity index (χ4v) is 1.26. The lowest BCUT2D eigenvalue weighted by Crippen LogP contribution is -2.07. The Hall–Kier alpha value is -1.85. The Morgan fingerprint density at radius 1 is 0.900 bits per heavy atom. The fraction of sp³-hybridized carbons (Fsp3) is 0. The van der Waals surface area contributed by atoms with E-state index in [9.17, 15) is 8.42 Å². The smallest absolute Gasteiger partial charge is 0.402 e. The quantitative estimate of drug-likeness (QED) is 0.402. The molecule has 0 radical (unpaired) electrons. The Morgan fingerprint density at radius 3 is 1.60 bits per heavy atom. The maximum Gasteiger partial charge on any atom is 0.631 e. The Kier molecular flexibility index (Phi) is 9.08. The van der Waals surface area contributed by atoms with Crippen LogP contribution in [0.5, 0.6) is 0 Å². The molecule has 0 aromatic carbocycles. The SMILES string of the molecule is O=S(=O)(O)c1ccccn1.OB(O)O.c1ccncc1. The van der Waals surface area contributed by atoms with E-state index in [-0.39, 0.29) is 5.03 Å². The van der Waals surface area contributed by atoms with Gasteiger partial charge in [-0.25, -0.2) is 4.98 Å². The molecule has 0 amide bonds. The molecule has 2 rings (SSSR count). The van der Waals surface area contributed by atoms with Crippen molar-refractivity contribution in [2.45, 2.75) is 5.03 Å².